The number of urea groups is 1. The molecule has 120 valence electrons. The molecule has 1 saturated carbocycles. The first-order chi connectivity index (χ1) is 11.3. The van der Waals surface area contributed by atoms with Crippen LogP contribution in [0.3, 0.4) is 0 Å². The lowest BCUT2D eigenvalue weighted by molar-refractivity contribution is 0.172. The Bertz CT molecular complexity index is 619. The Balaban J connectivity index is 1.49. The summed E-state index contributed by atoms with van der Waals surface area (Å²) in [4.78, 5) is 16.0. The molecule has 0 radical (unpaired) electrons. The number of benzene rings is 1. The molecule has 2 aromatic rings. The van der Waals surface area contributed by atoms with Crippen LogP contribution in [0.1, 0.15) is 24.8 Å². The van der Waals surface area contributed by atoms with Crippen LogP contribution in [0.2, 0.25) is 0 Å². The Kier molecular flexibility index (Phi) is 5.09. The molecule has 0 aliphatic heterocycles. The first kappa shape index (κ1) is 15.3. The molecular weight excluding hydrogens is 290 g/mol. The Morgan fingerprint density at radius 1 is 1.13 bits per heavy atom. The van der Waals surface area contributed by atoms with Gasteiger partial charge in [0.05, 0.1) is 6.04 Å². The van der Waals surface area contributed by atoms with Gasteiger partial charge in [-0.1, -0.05) is 18.2 Å². The SMILES string of the molecule is O=C(NCc1ccncc1)N[C@@H]1CCC[C@@H]1Oc1ccccc1. The van der Waals surface area contributed by atoms with Gasteiger partial charge in [0.2, 0.25) is 0 Å². The molecule has 0 bridgehead atoms. The summed E-state index contributed by atoms with van der Waals surface area (Å²) in [6.07, 6.45) is 6.44. The largest absolute Gasteiger partial charge is 0.488 e. The summed E-state index contributed by atoms with van der Waals surface area (Å²) < 4.78 is 6.00. The Morgan fingerprint density at radius 3 is 2.70 bits per heavy atom. The van der Waals surface area contributed by atoms with E-state index < -0.39 is 0 Å². The van der Waals surface area contributed by atoms with Gasteiger partial charge in [-0.2, -0.15) is 0 Å². The van der Waals surface area contributed by atoms with Crippen LogP contribution in [0.25, 0.3) is 0 Å². The van der Waals surface area contributed by atoms with Gasteiger partial charge in [0.1, 0.15) is 11.9 Å². The second-order valence-corrected chi connectivity index (χ2v) is 5.69. The molecule has 0 unspecified atom stereocenters. The second kappa shape index (κ2) is 7.63. The van der Waals surface area contributed by atoms with Crippen molar-refractivity contribution in [3.8, 4) is 5.75 Å². The lowest BCUT2D eigenvalue weighted by Gasteiger charge is -2.22. The standard InChI is InChI=1S/C18H21N3O2/c22-18(20-13-14-9-11-19-12-10-14)21-16-7-4-8-17(16)23-15-5-2-1-3-6-15/h1-3,5-6,9-12,16-17H,4,7-8,13H2,(H2,20,21,22)/t16-,17+/m1/s1. The van der Waals surface area contributed by atoms with Crippen molar-refractivity contribution < 1.29 is 9.53 Å². The van der Waals surface area contributed by atoms with Gasteiger partial charge in [0.25, 0.3) is 0 Å². The minimum Gasteiger partial charge on any atom is -0.488 e. The topological polar surface area (TPSA) is 63.2 Å². The van der Waals surface area contributed by atoms with Crippen LogP contribution in [0.5, 0.6) is 5.75 Å². The summed E-state index contributed by atoms with van der Waals surface area (Å²) in [7, 11) is 0. The maximum absolute atomic E-state index is 12.1. The van der Waals surface area contributed by atoms with Gasteiger partial charge in [-0.15, -0.1) is 0 Å². The number of carbonyl (C=O) groups is 1. The maximum atomic E-state index is 12.1. The fraction of sp³-hybridized carbons (Fsp3) is 0.333. The molecule has 1 aromatic heterocycles. The zero-order chi connectivity index (χ0) is 15.9. The number of nitrogens with one attached hydrogen (secondary N) is 2. The van der Waals surface area contributed by atoms with E-state index in [4.69, 9.17) is 4.74 Å². The van der Waals surface area contributed by atoms with Crippen molar-refractivity contribution in [1.82, 2.24) is 15.6 Å². The molecular formula is C18H21N3O2. The highest BCUT2D eigenvalue weighted by molar-refractivity contribution is 5.74. The van der Waals surface area contributed by atoms with E-state index >= 15 is 0 Å². The predicted molar refractivity (Wildman–Crippen MR) is 88.1 cm³/mol. The number of para-hydroxylation sites is 1. The number of aromatic nitrogens is 1. The molecule has 3 rings (SSSR count). The van der Waals surface area contributed by atoms with Gasteiger partial charge in [-0.05, 0) is 49.1 Å². The molecule has 5 heteroatoms. The van der Waals surface area contributed by atoms with Gasteiger partial charge in [0.15, 0.2) is 0 Å². The third kappa shape index (κ3) is 4.45. The number of carbonyl (C=O) groups excluding carboxylic acids is 1. The number of hydrogen-bond donors (Lipinski definition) is 2. The highest BCUT2D eigenvalue weighted by Crippen LogP contribution is 2.24. The highest BCUT2D eigenvalue weighted by atomic mass is 16.5. The minimum atomic E-state index is -0.157. The number of nitrogens with zero attached hydrogens (tertiary/aromatic N) is 1. The fourth-order valence-corrected chi connectivity index (χ4v) is 2.81. The monoisotopic (exact) mass is 311 g/mol. The van der Waals surface area contributed by atoms with Crippen molar-refractivity contribution in [3.63, 3.8) is 0 Å². The lowest BCUT2D eigenvalue weighted by atomic mass is 10.2. The Labute approximate surface area is 136 Å². The predicted octanol–water partition coefficient (Wildman–Crippen LogP) is 2.88. The molecule has 23 heavy (non-hydrogen) atoms. The second-order valence-electron chi connectivity index (χ2n) is 5.69. The molecule has 5 nitrogen and oxygen atoms in total. The van der Waals surface area contributed by atoms with Gasteiger partial charge in [-0.25, -0.2) is 4.79 Å². The number of ether oxygens (including phenoxy) is 1. The average molecular weight is 311 g/mol. The first-order valence-corrected chi connectivity index (χ1v) is 7.96. The molecule has 1 aliphatic carbocycles. The van der Waals surface area contributed by atoms with Crippen molar-refractivity contribution in [1.29, 1.82) is 0 Å². The van der Waals surface area contributed by atoms with Crippen molar-refractivity contribution >= 4 is 6.03 Å². The van der Waals surface area contributed by atoms with E-state index in [2.05, 4.69) is 15.6 Å². The van der Waals surface area contributed by atoms with E-state index in [1.54, 1.807) is 12.4 Å². The van der Waals surface area contributed by atoms with E-state index in [9.17, 15) is 4.79 Å². The summed E-state index contributed by atoms with van der Waals surface area (Å²) in [5, 5.41) is 5.91. The zero-order valence-corrected chi connectivity index (χ0v) is 12.9. The van der Waals surface area contributed by atoms with E-state index in [1.807, 2.05) is 42.5 Å². The van der Waals surface area contributed by atoms with E-state index in [1.165, 1.54) is 0 Å². The molecule has 0 spiro atoms. The van der Waals surface area contributed by atoms with Crippen LogP contribution in [0, 0.1) is 0 Å². The fourth-order valence-electron chi connectivity index (χ4n) is 2.81. The van der Waals surface area contributed by atoms with E-state index in [-0.39, 0.29) is 18.2 Å². The summed E-state index contributed by atoms with van der Waals surface area (Å²) in [6.45, 7) is 0.491. The molecule has 1 heterocycles. The quantitative estimate of drug-likeness (QED) is 0.892. The van der Waals surface area contributed by atoms with E-state index in [0.29, 0.717) is 6.54 Å². The summed E-state index contributed by atoms with van der Waals surface area (Å²) in [5.74, 6) is 0.850. The van der Waals surface area contributed by atoms with E-state index in [0.717, 1.165) is 30.6 Å². The normalized spacial score (nSPS) is 20.0. The van der Waals surface area contributed by atoms with Crippen molar-refractivity contribution in [2.45, 2.75) is 38.0 Å². The number of rotatable bonds is 5. The molecule has 0 saturated heterocycles. The van der Waals surface area contributed by atoms with Crippen LogP contribution < -0.4 is 15.4 Å². The van der Waals surface area contributed by atoms with Gasteiger partial charge < -0.3 is 15.4 Å². The van der Waals surface area contributed by atoms with Gasteiger partial charge in [-0.3, -0.25) is 4.98 Å². The summed E-state index contributed by atoms with van der Waals surface area (Å²) in [5.41, 5.74) is 1.03. The molecule has 1 aliphatic rings. The summed E-state index contributed by atoms with van der Waals surface area (Å²) in [6, 6.07) is 13.4. The van der Waals surface area contributed by atoms with Crippen molar-refractivity contribution in [2.75, 3.05) is 0 Å². The van der Waals surface area contributed by atoms with Crippen LogP contribution in [-0.4, -0.2) is 23.2 Å². The average Bonchev–Trinajstić information content (AvgIpc) is 3.02. The third-order valence-corrected chi connectivity index (χ3v) is 4.00. The lowest BCUT2D eigenvalue weighted by Crippen LogP contribution is -2.46. The Morgan fingerprint density at radius 2 is 1.91 bits per heavy atom. The van der Waals surface area contributed by atoms with Gasteiger partial charge in [0, 0.05) is 18.9 Å². The molecule has 2 amide bonds. The first-order valence-electron chi connectivity index (χ1n) is 7.96. The van der Waals surface area contributed by atoms with Crippen molar-refractivity contribution in [3.05, 3.63) is 60.4 Å². The molecule has 2 N–H and O–H groups in total. The number of pyridine rings is 1. The highest BCUT2D eigenvalue weighted by Gasteiger charge is 2.30. The smallest absolute Gasteiger partial charge is 0.315 e. The van der Waals surface area contributed by atoms with Crippen molar-refractivity contribution in [2.24, 2.45) is 0 Å². The number of hydrogen-bond acceptors (Lipinski definition) is 3. The minimum absolute atomic E-state index is 0.0316. The van der Waals surface area contributed by atoms with Gasteiger partial charge >= 0.3 is 6.03 Å². The molecule has 1 fully saturated rings. The molecule has 2 atom stereocenters. The van der Waals surface area contributed by atoms with Crippen LogP contribution >= 0.6 is 0 Å². The number of amides is 2. The van der Waals surface area contributed by atoms with Crippen LogP contribution in [0.4, 0.5) is 4.79 Å². The van der Waals surface area contributed by atoms with Crippen LogP contribution in [0.15, 0.2) is 54.9 Å². The maximum Gasteiger partial charge on any atom is 0.315 e. The Hall–Kier alpha value is -2.56. The van der Waals surface area contributed by atoms with Crippen LogP contribution in [-0.2, 0) is 6.54 Å². The third-order valence-electron chi connectivity index (χ3n) is 4.00. The summed E-state index contributed by atoms with van der Waals surface area (Å²) >= 11 is 0. The molecule has 1 aromatic carbocycles. The zero-order valence-electron chi connectivity index (χ0n) is 12.9.